The third-order valence-electron chi connectivity index (χ3n) is 2.83. The standard InChI is InChI=1S/C14H23NO2S/c1-5-18-14(13(17-4)11(2)16-3)15-12-9-7-6-8-10-12/h6-11,13-15H,5H2,1-4H3. The maximum Gasteiger partial charge on any atom is 0.112 e. The van der Waals surface area contributed by atoms with Gasteiger partial charge in [0.05, 0.1) is 6.10 Å². The van der Waals surface area contributed by atoms with E-state index in [-0.39, 0.29) is 17.6 Å². The number of rotatable bonds is 8. The first-order valence-corrected chi connectivity index (χ1v) is 7.26. The fourth-order valence-corrected chi connectivity index (χ4v) is 2.89. The minimum Gasteiger partial charge on any atom is -0.379 e. The van der Waals surface area contributed by atoms with E-state index in [1.807, 2.05) is 36.9 Å². The first-order valence-electron chi connectivity index (χ1n) is 6.21. The summed E-state index contributed by atoms with van der Waals surface area (Å²) in [7, 11) is 3.45. The lowest BCUT2D eigenvalue weighted by atomic mass is 10.2. The second-order valence-corrected chi connectivity index (χ2v) is 5.45. The van der Waals surface area contributed by atoms with Crippen molar-refractivity contribution in [2.75, 3.05) is 25.3 Å². The molecule has 0 heterocycles. The van der Waals surface area contributed by atoms with Crippen LogP contribution >= 0.6 is 11.8 Å². The number of nitrogens with one attached hydrogen (secondary N) is 1. The number of thioether (sulfide) groups is 1. The van der Waals surface area contributed by atoms with Gasteiger partial charge in [-0.3, -0.25) is 0 Å². The van der Waals surface area contributed by atoms with Gasteiger partial charge in [-0.25, -0.2) is 0 Å². The van der Waals surface area contributed by atoms with Gasteiger partial charge in [0.2, 0.25) is 0 Å². The molecule has 0 aliphatic rings. The molecule has 0 saturated heterocycles. The molecule has 1 aromatic rings. The molecule has 1 aromatic carbocycles. The number of anilines is 1. The topological polar surface area (TPSA) is 30.5 Å². The van der Waals surface area contributed by atoms with Crippen LogP contribution in [0.25, 0.3) is 0 Å². The molecular formula is C14H23NO2S. The van der Waals surface area contributed by atoms with Gasteiger partial charge in [-0.1, -0.05) is 25.1 Å². The highest BCUT2D eigenvalue weighted by atomic mass is 32.2. The molecule has 0 saturated carbocycles. The van der Waals surface area contributed by atoms with Crippen LogP contribution < -0.4 is 5.32 Å². The van der Waals surface area contributed by atoms with Crippen molar-refractivity contribution in [3.8, 4) is 0 Å². The minimum atomic E-state index is 0.0140. The summed E-state index contributed by atoms with van der Waals surface area (Å²) in [5.41, 5.74) is 1.11. The average Bonchev–Trinajstić information content (AvgIpc) is 2.40. The monoisotopic (exact) mass is 269 g/mol. The number of benzene rings is 1. The molecule has 1 rings (SSSR count). The number of methoxy groups -OCH3 is 2. The Labute approximate surface area is 114 Å². The Balaban J connectivity index is 2.74. The Morgan fingerprint density at radius 2 is 1.83 bits per heavy atom. The van der Waals surface area contributed by atoms with Gasteiger partial charge in [-0.2, -0.15) is 0 Å². The van der Waals surface area contributed by atoms with Crippen LogP contribution in [0.5, 0.6) is 0 Å². The van der Waals surface area contributed by atoms with Gasteiger partial charge >= 0.3 is 0 Å². The second kappa shape index (κ2) is 8.40. The molecule has 0 aliphatic carbocycles. The van der Waals surface area contributed by atoms with Crippen molar-refractivity contribution in [2.24, 2.45) is 0 Å². The molecule has 0 bridgehead atoms. The largest absolute Gasteiger partial charge is 0.379 e. The zero-order chi connectivity index (χ0) is 13.4. The predicted molar refractivity (Wildman–Crippen MR) is 79.3 cm³/mol. The van der Waals surface area contributed by atoms with E-state index in [0.29, 0.717) is 0 Å². The van der Waals surface area contributed by atoms with Crippen LogP contribution in [0.2, 0.25) is 0 Å². The van der Waals surface area contributed by atoms with Crippen molar-refractivity contribution in [1.29, 1.82) is 0 Å². The molecule has 18 heavy (non-hydrogen) atoms. The first kappa shape index (κ1) is 15.3. The third kappa shape index (κ3) is 4.52. The maximum atomic E-state index is 5.58. The summed E-state index contributed by atoms with van der Waals surface area (Å²) in [6.07, 6.45) is 0.0652. The van der Waals surface area contributed by atoms with Crippen molar-refractivity contribution in [3.63, 3.8) is 0 Å². The molecule has 0 amide bonds. The summed E-state index contributed by atoms with van der Waals surface area (Å²) in [6, 6.07) is 10.2. The number of hydrogen-bond donors (Lipinski definition) is 1. The van der Waals surface area contributed by atoms with E-state index in [2.05, 4.69) is 24.4 Å². The van der Waals surface area contributed by atoms with Gasteiger partial charge in [-0.15, -0.1) is 11.8 Å². The van der Waals surface area contributed by atoms with Gasteiger partial charge in [0.1, 0.15) is 11.5 Å². The van der Waals surface area contributed by atoms with Gasteiger partial charge < -0.3 is 14.8 Å². The predicted octanol–water partition coefficient (Wildman–Crippen LogP) is 3.23. The van der Waals surface area contributed by atoms with Crippen LogP contribution in [0.15, 0.2) is 30.3 Å². The van der Waals surface area contributed by atoms with E-state index in [9.17, 15) is 0 Å². The van der Waals surface area contributed by atoms with Crippen LogP contribution in [-0.2, 0) is 9.47 Å². The van der Waals surface area contributed by atoms with Crippen LogP contribution in [0.3, 0.4) is 0 Å². The Bertz CT molecular complexity index is 321. The van der Waals surface area contributed by atoms with Crippen molar-refractivity contribution >= 4 is 17.4 Å². The Kier molecular flexibility index (Phi) is 7.16. The quantitative estimate of drug-likeness (QED) is 0.734. The smallest absolute Gasteiger partial charge is 0.112 e. The Morgan fingerprint density at radius 1 is 1.17 bits per heavy atom. The van der Waals surface area contributed by atoms with Gasteiger partial charge in [0.25, 0.3) is 0 Å². The van der Waals surface area contributed by atoms with E-state index in [4.69, 9.17) is 9.47 Å². The maximum absolute atomic E-state index is 5.58. The second-order valence-electron chi connectivity index (χ2n) is 4.03. The highest BCUT2D eigenvalue weighted by molar-refractivity contribution is 8.00. The number of ether oxygens (including phenoxy) is 2. The van der Waals surface area contributed by atoms with E-state index in [0.717, 1.165) is 11.4 Å². The molecule has 102 valence electrons. The molecule has 0 radical (unpaired) electrons. The highest BCUT2D eigenvalue weighted by Crippen LogP contribution is 2.22. The van der Waals surface area contributed by atoms with Crippen LogP contribution in [0.4, 0.5) is 5.69 Å². The van der Waals surface area contributed by atoms with E-state index >= 15 is 0 Å². The van der Waals surface area contributed by atoms with E-state index in [1.54, 1.807) is 14.2 Å². The fourth-order valence-electron chi connectivity index (χ4n) is 1.79. The molecule has 1 N–H and O–H groups in total. The SMILES string of the molecule is CCSC(Nc1ccccc1)C(OC)C(C)OC. The molecule has 0 fully saturated rings. The highest BCUT2D eigenvalue weighted by Gasteiger charge is 2.26. The molecule has 3 nitrogen and oxygen atoms in total. The van der Waals surface area contributed by atoms with Crippen molar-refractivity contribution < 1.29 is 9.47 Å². The lowest BCUT2D eigenvalue weighted by molar-refractivity contribution is -0.0233. The summed E-state index contributed by atoms with van der Waals surface area (Å²) >= 11 is 1.83. The minimum absolute atomic E-state index is 0.0140. The van der Waals surface area contributed by atoms with Gasteiger partial charge in [0, 0.05) is 19.9 Å². The summed E-state index contributed by atoms with van der Waals surface area (Å²) in [5, 5.41) is 3.68. The van der Waals surface area contributed by atoms with E-state index < -0.39 is 0 Å². The van der Waals surface area contributed by atoms with Crippen LogP contribution in [0.1, 0.15) is 13.8 Å². The number of para-hydroxylation sites is 1. The third-order valence-corrected chi connectivity index (χ3v) is 3.91. The fraction of sp³-hybridized carbons (Fsp3) is 0.571. The number of hydrogen-bond acceptors (Lipinski definition) is 4. The summed E-state index contributed by atoms with van der Waals surface area (Å²) in [5.74, 6) is 1.03. The molecule has 0 spiro atoms. The van der Waals surface area contributed by atoms with Crippen LogP contribution in [-0.4, -0.2) is 37.6 Å². The zero-order valence-corrected chi connectivity index (χ0v) is 12.4. The van der Waals surface area contributed by atoms with Crippen molar-refractivity contribution in [2.45, 2.75) is 31.4 Å². The molecule has 0 aliphatic heterocycles. The molecule has 0 aromatic heterocycles. The summed E-state index contributed by atoms with van der Waals surface area (Å²) in [4.78, 5) is 0. The van der Waals surface area contributed by atoms with Crippen LogP contribution in [0, 0.1) is 0 Å². The normalized spacial score (nSPS) is 16.0. The zero-order valence-electron chi connectivity index (χ0n) is 11.6. The summed E-state index contributed by atoms with van der Waals surface area (Å²) < 4.78 is 11.0. The molecule has 4 heteroatoms. The molecule has 3 unspecified atom stereocenters. The lowest BCUT2D eigenvalue weighted by Gasteiger charge is -2.30. The van der Waals surface area contributed by atoms with E-state index in [1.165, 1.54) is 0 Å². The molecule has 3 atom stereocenters. The van der Waals surface area contributed by atoms with Crippen molar-refractivity contribution in [1.82, 2.24) is 0 Å². The van der Waals surface area contributed by atoms with Crippen molar-refractivity contribution in [3.05, 3.63) is 30.3 Å². The van der Waals surface area contributed by atoms with Gasteiger partial charge in [0.15, 0.2) is 0 Å². The Morgan fingerprint density at radius 3 is 2.33 bits per heavy atom. The Hall–Kier alpha value is -0.710. The lowest BCUT2D eigenvalue weighted by Crippen LogP contribution is -2.41. The van der Waals surface area contributed by atoms with Gasteiger partial charge in [-0.05, 0) is 24.8 Å². The molecular weight excluding hydrogens is 246 g/mol. The summed E-state index contributed by atoms with van der Waals surface area (Å²) in [6.45, 7) is 4.18. The first-order chi connectivity index (χ1) is 8.72. The average molecular weight is 269 g/mol.